The highest BCUT2D eigenvalue weighted by Crippen LogP contribution is 2.35. The van der Waals surface area contributed by atoms with Crippen LogP contribution in [0.5, 0.6) is 0 Å². The topological polar surface area (TPSA) is 61.2 Å². The van der Waals surface area contributed by atoms with Crippen molar-refractivity contribution in [3.63, 3.8) is 0 Å². The van der Waals surface area contributed by atoms with E-state index in [1.807, 2.05) is 30.3 Å². The first-order valence-corrected chi connectivity index (χ1v) is 9.39. The zero-order valence-corrected chi connectivity index (χ0v) is 15.3. The van der Waals surface area contributed by atoms with Gasteiger partial charge < -0.3 is 4.74 Å². The summed E-state index contributed by atoms with van der Waals surface area (Å²) >= 11 is 2.82. The lowest BCUT2D eigenvalue weighted by molar-refractivity contribution is -0.139. The molecule has 2 heterocycles. The molecule has 0 N–H and O–H groups in total. The number of methoxy groups -OCH3 is 1. The van der Waals surface area contributed by atoms with Gasteiger partial charge in [-0.3, -0.25) is 14.2 Å². The molecule has 2 aromatic rings. The van der Waals surface area contributed by atoms with Crippen LogP contribution in [0.2, 0.25) is 0 Å². The van der Waals surface area contributed by atoms with Crippen molar-refractivity contribution in [2.24, 2.45) is 0 Å². The van der Waals surface area contributed by atoms with Gasteiger partial charge in [0.15, 0.2) is 5.16 Å². The number of hydrogen-bond acceptors (Lipinski definition) is 6. The van der Waals surface area contributed by atoms with E-state index in [1.165, 1.54) is 18.9 Å². The maximum absolute atomic E-state index is 13.0. The lowest BCUT2D eigenvalue weighted by Gasteiger charge is -2.15. The number of fused-ring (bicyclic) bond motifs is 1. The maximum atomic E-state index is 13.0. The molecular formula is C17H18N2O3S2. The lowest BCUT2D eigenvalue weighted by atomic mass is 10.2. The van der Waals surface area contributed by atoms with Gasteiger partial charge in [-0.05, 0) is 19.1 Å². The Morgan fingerprint density at radius 2 is 2.12 bits per heavy atom. The minimum atomic E-state index is -0.443. The normalized spacial score (nSPS) is 17.4. The number of aromatic nitrogens is 2. The molecule has 24 heavy (non-hydrogen) atoms. The fourth-order valence-corrected chi connectivity index (χ4v) is 4.62. The minimum absolute atomic E-state index is 0.0693. The van der Waals surface area contributed by atoms with Crippen molar-refractivity contribution in [1.82, 2.24) is 9.55 Å². The Labute approximate surface area is 148 Å². The quantitative estimate of drug-likeness (QED) is 0.473. The second-order valence-electron chi connectivity index (χ2n) is 5.56. The van der Waals surface area contributed by atoms with E-state index in [9.17, 15) is 9.59 Å². The Hall–Kier alpha value is -1.73. The molecule has 1 aliphatic rings. The highest BCUT2D eigenvalue weighted by Gasteiger charge is 2.28. The smallest absolute Gasteiger partial charge is 0.318 e. The summed E-state index contributed by atoms with van der Waals surface area (Å²) in [5.74, 6) is -0.336. The number of para-hydroxylation sites is 1. The van der Waals surface area contributed by atoms with Crippen molar-refractivity contribution in [1.29, 1.82) is 0 Å². The second-order valence-corrected chi connectivity index (χ2v) is 8.32. The van der Waals surface area contributed by atoms with Crippen molar-refractivity contribution in [3.8, 4) is 5.69 Å². The van der Waals surface area contributed by atoms with E-state index in [0.29, 0.717) is 15.3 Å². The summed E-state index contributed by atoms with van der Waals surface area (Å²) in [4.78, 5) is 30.2. The second kappa shape index (κ2) is 7.03. The molecule has 0 fully saturated rings. The Kier molecular flexibility index (Phi) is 5.01. The Morgan fingerprint density at radius 3 is 2.79 bits per heavy atom. The van der Waals surface area contributed by atoms with E-state index in [0.717, 1.165) is 17.8 Å². The van der Waals surface area contributed by atoms with Crippen molar-refractivity contribution >= 4 is 29.5 Å². The predicted octanol–water partition coefficient (Wildman–Crippen LogP) is 2.92. The standard InChI is InChI=1S/C17H18N2O3S2/c1-10-9-13-14(23-10)15(20)19(12-7-5-4-6-8-12)17(18-13)24-11(2)16(21)22-3/h4-8,10-11H,9H2,1-3H3/t10-,11-/m1/s1. The SMILES string of the molecule is COC(=O)[C@@H](C)Sc1nc2c(c(=O)n1-c1ccccc1)S[C@H](C)C2. The van der Waals surface area contributed by atoms with E-state index >= 15 is 0 Å². The van der Waals surface area contributed by atoms with Crippen LogP contribution < -0.4 is 5.56 Å². The van der Waals surface area contributed by atoms with Crippen molar-refractivity contribution < 1.29 is 9.53 Å². The van der Waals surface area contributed by atoms with Gasteiger partial charge in [-0.1, -0.05) is 36.9 Å². The van der Waals surface area contributed by atoms with Gasteiger partial charge in [0.2, 0.25) is 0 Å². The van der Waals surface area contributed by atoms with Crippen LogP contribution in [0, 0.1) is 0 Å². The number of carbonyl (C=O) groups excluding carboxylic acids is 1. The van der Waals surface area contributed by atoms with E-state index in [2.05, 4.69) is 6.92 Å². The van der Waals surface area contributed by atoms with Crippen LogP contribution in [-0.4, -0.2) is 33.1 Å². The number of nitrogens with zero attached hydrogens (tertiary/aromatic N) is 2. The molecule has 2 atom stereocenters. The fraction of sp³-hybridized carbons (Fsp3) is 0.353. The molecule has 0 saturated heterocycles. The number of carbonyl (C=O) groups is 1. The highest BCUT2D eigenvalue weighted by molar-refractivity contribution is 8.00. The minimum Gasteiger partial charge on any atom is -0.468 e. The van der Waals surface area contributed by atoms with Crippen LogP contribution in [-0.2, 0) is 16.0 Å². The van der Waals surface area contributed by atoms with Gasteiger partial charge in [0.05, 0.1) is 23.4 Å². The third kappa shape index (κ3) is 3.23. The molecule has 0 spiro atoms. The largest absolute Gasteiger partial charge is 0.468 e. The first kappa shape index (κ1) is 17.1. The highest BCUT2D eigenvalue weighted by atomic mass is 32.2. The zero-order chi connectivity index (χ0) is 17.3. The average Bonchev–Trinajstić information content (AvgIpc) is 2.95. The third-order valence-corrected chi connectivity index (χ3v) is 5.96. The van der Waals surface area contributed by atoms with Crippen LogP contribution in [0.15, 0.2) is 45.2 Å². The first-order valence-electron chi connectivity index (χ1n) is 7.63. The summed E-state index contributed by atoms with van der Waals surface area (Å²) < 4.78 is 6.38. The molecular weight excluding hydrogens is 344 g/mol. The molecule has 0 aliphatic carbocycles. The number of ether oxygens (including phenoxy) is 1. The number of benzene rings is 1. The Balaban J connectivity index is 2.13. The number of esters is 1. The fourth-order valence-electron chi connectivity index (χ4n) is 2.56. The van der Waals surface area contributed by atoms with Gasteiger partial charge in [0, 0.05) is 11.7 Å². The van der Waals surface area contributed by atoms with Crippen molar-refractivity contribution in [2.45, 2.75) is 40.8 Å². The van der Waals surface area contributed by atoms with Gasteiger partial charge in [-0.2, -0.15) is 0 Å². The Bertz CT molecular complexity index is 821. The molecule has 0 saturated carbocycles. The summed E-state index contributed by atoms with van der Waals surface area (Å²) in [6, 6.07) is 9.39. The number of thioether (sulfide) groups is 2. The molecule has 5 nitrogen and oxygen atoms in total. The van der Waals surface area contributed by atoms with E-state index in [1.54, 1.807) is 23.3 Å². The lowest BCUT2D eigenvalue weighted by Crippen LogP contribution is -2.25. The molecule has 7 heteroatoms. The van der Waals surface area contributed by atoms with Crippen molar-refractivity contribution in [2.75, 3.05) is 7.11 Å². The van der Waals surface area contributed by atoms with E-state index in [-0.39, 0.29) is 11.5 Å². The molecule has 0 radical (unpaired) electrons. The summed E-state index contributed by atoms with van der Waals surface area (Å²) in [5, 5.41) is 0.418. The molecule has 3 rings (SSSR count). The summed E-state index contributed by atoms with van der Waals surface area (Å²) in [5.41, 5.74) is 1.50. The molecule has 1 aromatic carbocycles. The molecule has 0 unspecified atom stereocenters. The summed E-state index contributed by atoms with van der Waals surface area (Å²) in [6.07, 6.45) is 0.769. The zero-order valence-electron chi connectivity index (χ0n) is 13.7. The Morgan fingerprint density at radius 1 is 1.42 bits per heavy atom. The maximum Gasteiger partial charge on any atom is 0.318 e. The van der Waals surface area contributed by atoms with Crippen molar-refractivity contribution in [3.05, 3.63) is 46.4 Å². The van der Waals surface area contributed by atoms with E-state index < -0.39 is 5.25 Å². The monoisotopic (exact) mass is 362 g/mol. The van der Waals surface area contributed by atoms with Crippen LogP contribution in [0.3, 0.4) is 0 Å². The third-order valence-electron chi connectivity index (χ3n) is 3.71. The van der Waals surface area contributed by atoms with E-state index in [4.69, 9.17) is 9.72 Å². The molecule has 0 amide bonds. The van der Waals surface area contributed by atoms with Crippen LogP contribution >= 0.6 is 23.5 Å². The number of rotatable bonds is 4. The van der Waals surface area contributed by atoms with Gasteiger partial charge in [0.1, 0.15) is 5.25 Å². The predicted molar refractivity (Wildman–Crippen MR) is 96.2 cm³/mol. The summed E-state index contributed by atoms with van der Waals surface area (Å²) in [7, 11) is 1.36. The van der Waals surface area contributed by atoms with Crippen LogP contribution in [0.25, 0.3) is 5.69 Å². The average molecular weight is 362 g/mol. The van der Waals surface area contributed by atoms with Gasteiger partial charge in [-0.15, -0.1) is 11.8 Å². The van der Waals surface area contributed by atoms with Crippen LogP contribution in [0.1, 0.15) is 19.5 Å². The molecule has 126 valence electrons. The molecule has 0 bridgehead atoms. The molecule has 1 aliphatic heterocycles. The van der Waals surface area contributed by atoms with Gasteiger partial charge in [-0.25, -0.2) is 4.98 Å². The number of hydrogen-bond donors (Lipinski definition) is 0. The molecule has 1 aromatic heterocycles. The van der Waals surface area contributed by atoms with Gasteiger partial charge in [0.25, 0.3) is 5.56 Å². The van der Waals surface area contributed by atoms with Gasteiger partial charge >= 0.3 is 5.97 Å². The summed E-state index contributed by atoms with van der Waals surface area (Å²) in [6.45, 7) is 3.84. The first-order chi connectivity index (χ1) is 11.5. The van der Waals surface area contributed by atoms with Crippen LogP contribution in [0.4, 0.5) is 0 Å².